The molecule has 1 unspecified atom stereocenters. The molecule has 0 aliphatic carbocycles. The summed E-state index contributed by atoms with van der Waals surface area (Å²) in [7, 11) is 1.60. The summed E-state index contributed by atoms with van der Waals surface area (Å²) in [4.78, 5) is 12.7. The third kappa shape index (κ3) is 3.98. The Morgan fingerprint density at radius 3 is 2.88 bits per heavy atom. The van der Waals surface area contributed by atoms with Crippen LogP contribution in [0.3, 0.4) is 0 Å². The van der Waals surface area contributed by atoms with Crippen LogP contribution in [0.1, 0.15) is 24.0 Å². The highest BCUT2D eigenvalue weighted by Crippen LogP contribution is 2.34. The van der Waals surface area contributed by atoms with Crippen molar-refractivity contribution in [3.05, 3.63) is 68.7 Å². The number of ether oxygens (including phenoxy) is 1. The number of piperidine rings is 1. The number of rotatable bonds is 5. The fourth-order valence-corrected chi connectivity index (χ4v) is 3.65. The van der Waals surface area contributed by atoms with Gasteiger partial charge in [-0.2, -0.15) is 0 Å². The number of hydrogen-bond donors (Lipinski definition) is 1. The molecule has 0 radical (unpaired) electrons. The van der Waals surface area contributed by atoms with Crippen molar-refractivity contribution < 1.29 is 14.8 Å². The monoisotopic (exact) mass is 376 g/mol. The van der Waals surface area contributed by atoms with Crippen LogP contribution in [0.5, 0.6) is 5.75 Å². The van der Waals surface area contributed by atoms with Crippen LogP contribution < -0.4 is 4.74 Å². The first kappa shape index (κ1) is 18.6. The number of β-amino-alcohol motifs (C(OH)–C–C–N with tert-alkyl or cyclic N) is 1. The van der Waals surface area contributed by atoms with Crippen LogP contribution in [0, 0.1) is 10.1 Å². The summed E-state index contributed by atoms with van der Waals surface area (Å²) in [6.07, 6.45) is 1.50. The van der Waals surface area contributed by atoms with Crippen molar-refractivity contribution in [1.29, 1.82) is 0 Å². The number of likely N-dealkylation sites (tertiary alicyclic amines) is 1. The summed E-state index contributed by atoms with van der Waals surface area (Å²) < 4.78 is 5.26. The Morgan fingerprint density at radius 2 is 2.15 bits per heavy atom. The Morgan fingerprint density at radius 1 is 1.35 bits per heavy atom. The minimum Gasteiger partial charge on any atom is -0.497 e. The van der Waals surface area contributed by atoms with Gasteiger partial charge < -0.3 is 9.84 Å². The van der Waals surface area contributed by atoms with E-state index in [1.165, 1.54) is 6.07 Å². The van der Waals surface area contributed by atoms with Crippen molar-refractivity contribution in [3.8, 4) is 5.75 Å². The molecule has 0 saturated carbocycles. The number of hydrogen-bond acceptors (Lipinski definition) is 5. The molecule has 1 atom stereocenters. The lowest BCUT2D eigenvalue weighted by Gasteiger charge is -2.39. The molecule has 1 fully saturated rings. The van der Waals surface area contributed by atoms with Crippen LogP contribution in [0.15, 0.2) is 42.5 Å². The first-order valence-corrected chi connectivity index (χ1v) is 8.81. The van der Waals surface area contributed by atoms with Gasteiger partial charge in [0.1, 0.15) is 16.4 Å². The van der Waals surface area contributed by atoms with E-state index in [-0.39, 0.29) is 10.7 Å². The normalized spacial score (nSPS) is 20.7. The molecule has 6 nitrogen and oxygen atoms in total. The van der Waals surface area contributed by atoms with Gasteiger partial charge in [0.2, 0.25) is 0 Å². The zero-order valence-electron chi connectivity index (χ0n) is 14.5. The minimum absolute atomic E-state index is 0.0933. The van der Waals surface area contributed by atoms with Crippen molar-refractivity contribution in [3.63, 3.8) is 0 Å². The third-order valence-electron chi connectivity index (χ3n) is 4.77. The predicted octanol–water partition coefficient (Wildman–Crippen LogP) is 3.74. The van der Waals surface area contributed by atoms with Crippen LogP contribution in [0.4, 0.5) is 5.69 Å². The second kappa shape index (κ2) is 7.61. The highest BCUT2D eigenvalue weighted by Gasteiger charge is 2.35. The molecule has 1 aliphatic heterocycles. The molecule has 3 rings (SSSR count). The molecule has 1 N–H and O–H groups in total. The lowest BCUT2D eigenvalue weighted by atomic mass is 9.85. The second-order valence-corrected chi connectivity index (χ2v) is 7.03. The van der Waals surface area contributed by atoms with E-state index >= 15 is 0 Å². The molecule has 1 saturated heterocycles. The Balaban J connectivity index is 1.78. The van der Waals surface area contributed by atoms with Gasteiger partial charge in [-0.15, -0.1) is 0 Å². The maximum Gasteiger partial charge on any atom is 0.288 e. The zero-order valence-corrected chi connectivity index (χ0v) is 15.3. The van der Waals surface area contributed by atoms with Gasteiger partial charge in [-0.05, 0) is 48.7 Å². The quantitative estimate of drug-likeness (QED) is 0.635. The van der Waals surface area contributed by atoms with Gasteiger partial charge >= 0.3 is 0 Å². The number of nitrogens with zero attached hydrogens (tertiary/aromatic N) is 2. The van der Waals surface area contributed by atoms with E-state index in [1.807, 2.05) is 24.3 Å². The average molecular weight is 377 g/mol. The molecule has 1 heterocycles. The maximum atomic E-state index is 11.2. The number of halogens is 1. The van der Waals surface area contributed by atoms with Crippen molar-refractivity contribution in [2.45, 2.75) is 25.0 Å². The first-order chi connectivity index (χ1) is 12.4. The van der Waals surface area contributed by atoms with E-state index in [2.05, 4.69) is 4.90 Å². The van der Waals surface area contributed by atoms with Crippen LogP contribution in [0.2, 0.25) is 5.02 Å². The SMILES string of the molecule is COc1cccc(C2(O)CCCN(Cc3ccc(Cl)c([N+](=O)[O-])c3)C2)c1. The predicted molar refractivity (Wildman–Crippen MR) is 99.5 cm³/mol. The number of aliphatic hydroxyl groups is 1. The molecule has 26 heavy (non-hydrogen) atoms. The molecule has 0 spiro atoms. The van der Waals surface area contributed by atoms with Gasteiger partial charge in [0.05, 0.1) is 12.0 Å². The Hall–Kier alpha value is -2.15. The summed E-state index contributed by atoms with van der Waals surface area (Å²) in [6, 6.07) is 12.3. The van der Waals surface area contributed by atoms with Crippen LogP contribution >= 0.6 is 11.6 Å². The minimum atomic E-state index is -0.967. The van der Waals surface area contributed by atoms with Crippen LogP contribution in [-0.4, -0.2) is 35.1 Å². The zero-order chi connectivity index (χ0) is 18.7. The first-order valence-electron chi connectivity index (χ1n) is 8.43. The fraction of sp³-hybridized carbons (Fsp3) is 0.368. The Kier molecular flexibility index (Phi) is 5.46. The fourth-order valence-electron chi connectivity index (χ4n) is 3.46. The molecular weight excluding hydrogens is 356 g/mol. The van der Waals surface area contributed by atoms with E-state index in [9.17, 15) is 15.2 Å². The van der Waals surface area contributed by atoms with Crippen molar-refractivity contribution in [2.75, 3.05) is 20.2 Å². The van der Waals surface area contributed by atoms with E-state index < -0.39 is 10.5 Å². The number of benzene rings is 2. The van der Waals surface area contributed by atoms with Gasteiger partial charge in [0.25, 0.3) is 5.69 Å². The smallest absolute Gasteiger partial charge is 0.288 e. The molecule has 0 amide bonds. The average Bonchev–Trinajstić information content (AvgIpc) is 2.63. The molecular formula is C19H21ClN2O4. The van der Waals surface area contributed by atoms with Gasteiger partial charge in [-0.25, -0.2) is 0 Å². The molecule has 2 aromatic carbocycles. The molecule has 0 aromatic heterocycles. The molecule has 2 aromatic rings. The summed E-state index contributed by atoms with van der Waals surface area (Å²) >= 11 is 5.88. The van der Waals surface area contributed by atoms with Crippen LogP contribution in [-0.2, 0) is 12.1 Å². The third-order valence-corrected chi connectivity index (χ3v) is 5.09. The Labute approximate surface area is 157 Å². The molecule has 1 aliphatic rings. The van der Waals surface area contributed by atoms with E-state index in [0.29, 0.717) is 25.3 Å². The highest BCUT2D eigenvalue weighted by molar-refractivity contribution is 6.32. The van der Waals surface area contributed by atoms with Gasteiger partial charge in [0, 0.05) is 19.2 Å². The number of methoxy groups -OCH3 is 1. The second-order valence-electron chi connectivity index (χ2n) is 6.62. The van der Waals surface area contributed by atoms with Gasteiger partial charge in [-0.1, -0.05) is 29.8 Å². The van der Waals surface area contributed by atoms with Gasteiger partial charge in [-0.3, -0.25) is 15.0 Å². The lowest BCUT2D eigenvalue weighted by molar-refractivity contribution is -0.384. The van der Waals surface area contributed by atoms with E-state index in [0.717, 1.165) is 24.1 Å². The molecule has 138 valence electrons. The topological polar surface area (TPSA) is 75.8 Å². The Bertz CT molecular complexity index is 814. The van der Waals surface area contributed by atoms with Crippen molar-refractivity contribution >= 4 is 17.3 Å². The summed E-state index contributed by atoms with van der Waals surface area (Å²) in [6.45, 7) is 1.80. The number of nitro benzene ring substituents is 1. The molecule has 7 heteroatoms. The van der Waals surface area contributed by atoms with Crippen LogP contribution in [0.25, 0.3) is 0 Å². The molecule has 0 bridgehead atoms. The summed E-state index contributed by atoms with van der Waals surface area (Å²) in [5.74, 6) is 0.710. The maximum absolute atomic E-state index is 11.2. The largest absolute Gasteiger partial charge is 0.497 e. The lowest BCUT2D eigenvalue weighted by Crippen LogP contribution is -2.45. The van der Waals surface area contributed by atoms with E-state index in [4.69, 9.17) is 16.3 Å². The number of nitro groups is 1. The standard InChI is InChI=1S/C19H21ClN2O4/c1-26-16-5-2-4-15(11-16)19(23)8-3-9-21(13-19)12-14-6-7-17(20)18(10-14)22(24)25/h2,4-7,10-11,23H,3,8-9,12-13H2,1H3. The van der Waals surface area contributed by atoms with Crippen molar-refractivity contribution in [2.24, 2.45) is 0 Å². The summed E-state index contributed by atoms with van der Waals surface area (Å²) in [5.41, 5.74) is 0.564. The van der Waals surface area contributed by atoms with Crippen molar-refractivity contribution in [1.82, 2.24) is 4.90 Å². The highest BCUT2D eigenvalue weighted by atomic mass is 35.5. The summed E-state index contributed by atoms with van der Waals surface area (Å²) in [5, 5.41) is 22.4. The van der Waals surface area contributed by atoms with E-state index in [1.54, 1.807) is 19.2 Å². The van der Waals surface area contributed by atoms with Gasteiger partial charge in [0.15, 0.2) is 0 Å².